The van der Waals surface area contributed by atoms with E-state index in [1.54, 1.807) is 0 Å². The highest BCUT2D eigenvalue weighted by molar-refractivity contribution is 5.89. The van der Waals surface area contributed by atoms with Crippen LogP contribution in [0.15, 0.2) is 24.3 Å². The average Bonchev–Trinajstić information content (AvgIpc) is 2.36. The Bertz CT molecular complexity index is 492. The molecule has 1 saturated carbocycles. The Morgan fingerprint density at radius 3 is 2.57 bits per heavy atom. The Morgan fingerprint density at radius 2 is 2.10 bits per heavy atom. The number of aryl methyl sites for hydroxylation is 1. The summed E-state index contributed by atoms with van der Waals surface area (Å²) in [5, 5.41) is 12.6. The van der Waals surface area contributed by atoms with Gasteiger partial charge in [0, 0.05) is 0 Å². The van der Waals surface area contributed by atoms with Crippen LogP contribution in [0, 0.1) is 12.8 Å². The van der Waals surface area contributed by atoms with Crippen LogP contribution < -0.4 is 5.32 Å². The van der Waals surface area contributed by atoms with E-state index >= 15 is 0 Å². The van der Waals surface area contributed by atoms with Gasteiger partial charge in [0.2, 0.25) is 5.91 Å². The highest BCUT2D eigenvalue weighted by Gasteiger charge is 2.46. The van der Waals surface area contributed by atoms with Crippen molar-refractivity contribution >= 4 is 5.91 Å². The molecule has 116 valence electrons. The quantitative estimate of drug-likeness (QED) is 0.846. The van der Waals surface area contributed by atoms with Crippen molar-refractivity contribution in [2.75, 3.05) is 6.61 Å². The summed E-state index contributed by atoms with van der Waals surface area (Å²) in [6.45, 7) is 6.28. The SMILES string of the molecule is Cc1cccc(C2(C(=O)NC(CO)CC(C)C)CCC2)c1. The maximum Gasteiger partial charge on any atom is 0.230 e. The summed E-state index contributed by atoms with van der Waals surface area (Å²) in [6, 6.07) is 8.12. The largest absolute Gasteiger partial charge is 0.394 e. The monoisotopic (exact) mass is 289 g/mol. The fourth-order valence-corrected chi connectivity index (χ4v) is 3.19. The summed E-state index contributed by atoms with van der Waals surface area (Å²) in [6.07, 6.45) is 3.71. The average molecular weight is 289 g/mol. The van der Waals surface area contributed by atoms with E-state index < -0.39 is 0 Å². The van der Waals surface area contributed by atoms with Crippen LogP contribution in [0.5, 0.6) is 0 Å². The van der Waals surface area contributed by atoms with Crippen LogP contribution in [0.3, 0.4) is 0 Å². The molecule has 1 amide bonds. The van der Waals surface area contributed by atoms with E-state index in [9.17, 15) is 9.90 Å². The van der Waals surface area contributed by atoms with Crippen LogP contribution in [0.4, 0.5) is 0 Å². The second-order valence-electron chi connectivity index (χ2n) is 6.79. The lowest BCUT2D eigenvalue weighted by Gasteiger charge is -2.41. The molecule has 0 aliphatic heterocycles. The zero-order valence-electron chi connectivity index (χ0n) is 13.4. The van der Waals surface area contributed by atoms with Gasteiger partial charge in [-0.1, -0.05) is 50.1 Å². The van der Waals surface area contributed by atoms with Crippen molar-refractivity contribution in [1.29, 1.82) is 0 Å². The minimum atomic E-state index is -0.379. The van der Waals surface area contributed by atoms with Crippen LogP contribution >= 0.6 is 0 Å². The highest BCUT2D eigenvalue weighted by atomic mass is 16.3. The molecule has 0 saturated heterocycles. The van der Waals surface area contributed by atoms with Gasteiger partial charge < -0.3 is 10.4 Å². The van der Waals surface area contributed by atoms with Gasteiger partial charge in [0.15, 0.2) is 0 Å². The first kappa shape index (κ1) is 16.0. The Morgan fingerprint density at radius 1 is 1.38 bits per heavy atom. The van der Waals surface area contributed by atoms with E-state index in [0.717, 1.165) is 31.2 Å². The molecule has 0 spiro atoms. The lowest BCUT2D eigenvalue weighted by molar-refractivity contribution is -0.131. The molecule has 3 nitrogen and oxygen atoms in total. The number of rotatable bonds is 6. The number of aliphatic hydroxyl groups excluding tert-OH is 1. The molecule has 1 aromatic rings. The molecule has 0 radical (unpaired) electrons. The summed E-state index contributed by atoms with van der Waals surface area (Å²) in [4.78, 5) is 12.8. The number of hydrogen-bond acceptors (Lipinski definition) is 2. The zero-order valence-corrected chi connectivity index (χ0v) is 13.4. The number of nitrogens with one attached hydrogen (secondary N) is 1. The zero-order chi connectivity index (χ0) is 15.5. The first-order valence-corrected chi connectivity index (χ1v) is 7.97. The van der Waals surface area contributed by atoms with Crippen molar-refractivity contribution < 1.29 is 9.90 Å². The molecule has 3 heteroatoms. The van der Waals surface area contributed by atoms with Gasteiger partial charge in [0.05, 0.1) is 18.1 Å². The topological polar surface area (TPSA) is 49.3 Å². The molecule has 0 heterocycles. The molecule has 2 N–H and O–H groups in total. The fourth-order valence-electron chi connectivity index (χ4n) is 3.19. The van der Waals surface area contributed by atoms with Gasteiger partial charge in [-0.05, 0) is 37.7 Å². The number of amides is 1. The second-order valence-corrected chi connectivity index (χ2v) is 6.79. The third-order valence-electron chi connectivity index (χ3n) is 4.52. The van der Waals surface area contributed by atoms with Crippen molar-refractivity contribution in [1.82, 2.24) is 5.32 Å². The predicted octanol–water partition coefficient (Wildman–Crippen LogP) is 2.94. The molecular formula is C18H27NO2. The van der Waals surface area contributed by atoms with E-state index in [1.807, 2.05) is 6.07 Å². The number of hydrogen-bond donors (Lipinski definition) is 2. The molecule has 1 unspecified atom stereocenters. The van der Waals surface area contributed by atoms with E-state index in [1.165, 1.54) is 5.56 Å². The molecule has 1 aliphatic carbocycles. The van der Waals surface area contributed by atoms with Crippen LogP contribution in [0.2, 0.25) is 0 Å². The lowest BCUT2D eigenvalue weighted by Crippen LogP contribution is -2.53. The summed E-state index contributed by atoms with van der Waals surface area (Å²) < 4.78 is 0. The summed E-state index contributed by atoms with van der Waals surface area (Å²) >= 11 is 0. The Kier molecular flexibility index (Phi) is 5.04. The number of aliphatic hydroxyl groups is 1. The van der Waals surface area contributed by atoms with Gasteiger partial charge in [0.25, 0.3) is 0 Å². The first-order valence-electron chi connectivity index (χ1n) is 7.97. The summed E-state index contributed by atoms with van der Waals surface area (Å²) in [5.74, 6) is 0.540. The van der Waals surface area contributed by atoms with Crippen molar-refractivity contribution in [3.63, 3.8) is 0 Å². The molecule has 0 aromatic heterocycles. The third-order valence-corrected chi connectivity index (χ3v) is 4.52. The number of carbonyl (C=O) groups is 1. The first-order chi connectivity index (χ1) is 9.98. The van der Waals surface area contributed by atoms with Crippen molar-refractivity contribution in [2.45, 2.75) is 57.9 Å². The number of benzene rings is 1. The summed E-state index contributed by atoms with van der Waals surface area (Å²) in [5.41, 5.74) is 1.93. The molecule has 0 bridgehead atoms. The van der Waals surface area contributed by atoms with Crippen molar-refractivity contribution in [3.8, 4) is 0 Å². The minimum Gasteiger partial charge on any atom is -0.394 e. The van der Waals surface area contributed by atoms with Gasteiger partial charge in [-0.3, -0.25) is 4.79 Å². The Hall–Kier alpha value is -1.35. The highest BCUT2D eigenvalue weighted by Crippen LogP contribution is 2.44. The van der Waals surface area contributed by atoms with Crippen LogP contribution in [0.1, 0.15) is 50.7 Å². The van der Waals surface area contributed by atoms with Gasteiger partial charge in [-0.2, -0.15) is 0 Å². The summed E-state index contributed by atoms with van der Waals surface area (Å²) in [7, 11) is 0. The molecule has 1 atom stereocenters. The molecule has 1 fully saturated rings. The van der Waals surface area contributed by atoms with Crippen molar-refractivity contribution in [3.05, 3.63) is 35.4 Å². The predicted molar refractivity (Wildman–Crippen MR) is 85.2 cm³/mol. The fraction of sp³-hybridized carbons (Fsp3) is 0.611. The number of carbonyl (C=O) groups excluding carboxylic acids is 1. The van der Waals surface area contributed by atoms with Crippen LogP contribution in [-0.4, -0.2) is 23.7 Å². The van der Waals surface area contributed by atoms with Crippen molar-refractivity contribution in [2.24, 2.45) is 5.92 Å². The lowest BCUT2D eigenvalue weighted by atomic mass is 9.63. The van der Waals surface area contributed by atoms with E-state index in [-0.39, 0.29) is 24.0 Å². The van der Waals surface area contributed by atoms with E-state index in [4.69, 9.17) is 0 Å². The Labute approximate surface area is 127 Å². The second kappa shape index (κ2) is 6.61. The normalized spacial score (nSPS) is 18.1. The minimum absolute atomic E-state index is 0.00776. The van der Waals surface area contributed by atoms with Gasteiger partial charge in [0.1, 0.15) is 0 Å². The smallest absolute Gasteiger partial charge is 0.230 e. The molecule has 1 aliphatic rings. The van der Waals surface area contributed by atoms with Crippen LogP contribution in [0.25, 0.3) is 0 Å². The molecule has 2 rings (SSSR count). The molecule has 1 aromatic carbocycles. The van der Waals surface area contributed by atoms with Gasteiger partial charge >= 0.3 is 0 Å². The maximum atomic E-state index is 12.8. The maximum absolute atomic E-state index is 12.8. The Balaban J connectivity index is 2.15. The molecular weight excluding hydrogens is 262 g/mol. The third kappa shape index (κ3) is 3.46. The van der Waals surface area contributed by atoms with E-state index in [2.05, 4.69) is 44.3 Å². The van der Waals surface area contributed by atoms with Gasteiger partial charge in [-0.25, -0.2) is 0 Å². The standard InChI is InChI=1S/C18H27NO2/c1-13(2)10-16(12-20)19-17(21)18(8-5-9-18)15-7-4-6-14(3)11-15/h4,6-7,11,13,16,20H,5,8-10,12H2,1-3H3,(H,19,21). The molecule has 21 heavy (non-hydrogen) atoms. The van der Waals surface area contributed by atoms with Crippen LogP contribution in [-0.2, 0) is 10.2 Å². The van der Waals surface area contributed by atoms with Gasteiger partial charge in [-0.15, -0.1) is 0 Å². The van der Waals surface area contributed by atoms with E-state index in [0.29, 0.717) is 5.92 Å².